The number of aromatic hydroxyl groups is 1. The maximum Gasteiger partial charge on any atom is 0.328 e. The number of halogens is 1. The van der Waals surface area contributed by atoms with Gasteiger partial charge < -0.3 is 15.3 Å². The number of hydrogen-bond acceptors (Lipinski definition) is 5. The number of benzene rings is 1. The summed E-state index contributed by atoms with van der Waals surface area (Å²) in [7, 11) is 0. The topological polar surface area (TPSA) is 111 Å². The average Bonchev–Trinajstić information content (AvgIpc) is 3.16. The molecule has 2 heterocycles. The van der Waals surface area contributed by atoms with Crippen LogP contribution in [0.3, 0.4) is 0 Å². The number of pyridine rings is 1. The van der Waals surface area contributed by atoms with Crippen LogP contribution in [0, 0.1) is 0 Å². The van der Waals surface area contributed by atoms with Crippen LogP contribution in [0.15, 0.2) is 48.8 Å². The van der Waals surface area contributed by atoms with Crippen molar-refractivity contribution in [3.05, 3.63) is 59.4 Å². The number of aromatic nitrogens is 1. The maximum atomic E-state index is 9.55. The molecule has 0 atom stereocenters. The Bertz CT molecular complexity index is 847. The predicted molar refractivity (Wildman–Crippen MR) is 105 cm³/mol. The number of nitrogens with zero attached hydrogens (tertiary/aromatic N) is 2. The first kappa shape index (κ1) is 21.4. The zero-order valence-corrected chi connectivity index (χ0v) is 15.8. The molecular weight excluding hydrogens is 384 g/mol. The number of carboxylic acid groups (broad SMARTS) is 2. The maximum absolute atomic E-state index is 9.55. The van der Waals surface area contributed by atoms with Gasteiger partial charge in [0.15, 0.2) is 0 Å². The fraction of sp³-hybridized carbons (Fsp3) is 0.250. The van der Waals surface area contributed by atoms with Gasteiger partial charge in [0.2, 0.25) is 0 Å². The van der Waals surface area contributed by atoms with E-state index < -0.39 is 11.9 Å². The molecule has 1 aromatic heterocycles. The van der Waals surface area contributed by atoms with E-state index in [9.17, 15) is 14.7 Å². The smallest absolute Gasteiger partial charge is 0.328 e. The molecular formula is C20H21ClN2O5. The molecule has 0 amide bonds. The summed E-state index contributed by atoms with van der Waals surface area (Å²) >= 11 is 5.96. The molecule has 1 aliphatic rings. The lowest BCUT2D eigenvalue weighted by molar-refractivity contribution is -0.134. The molecule has 3 N–H and O–H groups in total. The van der Waals surface area contributed by atoms with E-state index in [1.165, 1.54) is 31.5 Å². The molecule has 1 fully saturated rings. The third-order valence-corrected chi connectivity index (χ3v) is 4.35. The third kappa shape index (κ3) is 7.02. The Kier molecular flexibility index (Phi) is 7.98. The quantitative estimate of drug-likeness (QED) is 0.654. The zero-order chi connectivity index (χ0) is 20.5. The SMILES string of the molecule is O=C(O)C=CC(=O)O.Oc1ccc(-c2cncc(CN3CCCC3)c2)cc1Cl. The molecule has 0 bridgehead atoms. The van der Waals surface area contributed by atoms with Crippen LogP contribution >= 0.6 is 11.6 Å². The Morgan fingerprint density at radius 1 is 1.04 bits per heavy atom. The highest BCUT2D eigenvalue weighted by atomic mass is 35.5. The van der Waals surface area contributed by atoms with Crippen LogP contribution in [0.2, 0.25) is 5.02 Å². The summed E-state index contributed by atoms with van der Waals surface area (Å²) < 4.78 is 0. The van der Waals surface area contributed by atoms with Gasteiger partial charge in [-0.3, -0.25) is 9.88 Å². The Balaban J connectivity index is 0.000000300. The summed E-state index contributed by atoms with van der Waals surface area (Å²) in [6.45, 7) is 3.30. The normalized spacial score (nSPS) is 13.9. The number of phenols is 1. The number of carbonyl (C=O) groups is 2. The van der Waals surface area contributed by atoms with Crippen molar-refractivity contribution in [3.8, 4) is 16.9 Å². The predicted octanol–water partition coefficient (Wildman–Crippen LogP) is 3.42. The summed E-state index contributed by atoms with van der Waals surface area (Å²) in [5.41, 5.74) is 3.22. The van der Waals surface area contributed by atoms with Gasteiger partial charge in [-0.15, -0.1) is 0 Å². The Morgan fingerprint density at radius 2 is 1.68 bits per heavy atom. The fourth-order valence-electron chi connectivity index (χ4n) is 2.76. The van der Waals surface area contributed by atoms with Crippen molar-refractivity contribution in [1.29, 1.82) is 0 Å². The fourth-order valence-corrected chi connectivity index (χ4v) is 2.94. The van der Waals surface area contributed by atoms with Gasteiger partial charge >= 0.3 is 11.9 Å². The lowest BCUT2D eigenvalue weighted by Crippen LogP contribution is -2.18. The van der Waals surface area contributed by atoms with E-state index >= 15 is 0 Å². The summed E-state index contributed by atoms with van der Waals surface area (Å²) in [5.74, 6) is -2.41. The second-order valence-electron chi connectivity index (χ2n) is 6.24. The Morgan fingerprint density at radius 3 is 2.25 bits per heavy atom. The zero-order valence-electron chi connectivity index (χ0n) is 15.1. The van der Waals surface area contributed by atoms with E-state index in [2.05, 4.69) is 16.0 Å². The minimum Gasteiger partial charge on any atom is -0.506 e. The number of carboxylic acids is 2. The van der Waals surface area contributed by atoms with E-state index in [-0.39, 0.29) is 5.75 Å². The van der Waals surface area contributed by atoms with Gasteiger partial charge in [0.25, 0.3) is 0 Å². The largest absolute Gasteiger partial charge is 0.506 e. The molecule has 1 aliphatic heterocycles. The molecule has 0 unspecified atom stereocenters. The summed E-state index contributed by atoms with van der Waals surface area (Å²) in [6, 6.07) is 7.39. The molecule has 1 aromatic carbocycles. The molecule has 0 radical (unpaired) electrons. The minimum absolute atomic E-state index is 0.108. The first-order valence-corrected chi connectivity index (χ1v) is 9.02. The number of hydrogen-bond donors (Lipinski definition) is 3. The van der Waals surface area contributed by atoms with Crippen LogP contribution in [0.25, 0.3) is 11.1 Å². The molecule has 28 heavy (non-hydrogen) atoms. The van der Waals surface area contributed by atoms with Crippen molar-refractivity contribution >= 4 is 23.5 Å². The van der Waals surface area contributed by atoms with Gasteiger partial charge in [-0.25, -0.2) is 9.59 Å². The van der Waals surface area contributed by atoms with Crippen molar-refractivity contribution in [1.82, 2.24) is 9.88 Å². The van der Waals surface area contributed by atoms with Gasteiger partial charge in [0.1, 0.15) is 5.75 Å². The summed E-state index contributed by atoms with van der Waals surface area (Å²) in [4.78, 5) is 25.9. The lowest BCUT2D eigenvalue weighted by Gasteiger charge is -2.14. The van der Waals surface area contributed by atoms with Gasteiger partial charge in [0, 0.05) is 36.7 Å². The standard InChI is InChI=1S/C16H17ClN2O.C4H4O4/c17-15-8-13(3-4-16(15)20)14-7-12(9-18-10-14)11-19-5-1-2-6-19;5-3(6)1-2-4(7)8/h3-4,7-10,20H,1-2,5-6,11H2;1-2H,(H,5,6)(H,7,8). The van der Waals surface area contributed by atoms with E-state index in [1.807, 2.05) is 18.5 Å². The number of aliphatic carboxylic acids is 2. The second-order valence-corrected chi connectivity index (χ2v) is 6.65. The molecule has 7 nitrogen and oxygen atoms in total. The van der Waals surface area contributed by atoms with Crippen LogP contribution in [0.4, 0.5) is 0 Å². The van der Waals surface area contributed by atoms with Crippen molar-refractivity contribution < 1.29 is 24.9 Å². The van der Waals surface area contributed by atoms with Crippen LogP contribution in [0.5, 0.6) is 5.75 Å². The number of rotatable bonds is 5. The number of phenolic OH excluding ortho intramolecular Hbond substituents is 1. The van der Waals surface area contributed by atoms with Crippen molar-refractivity contribution in [2.45, 2.75) is 19.4 Å². The average molecular weight is 405 g/mol. The molecule has 0 saturated carbocycles. The minimum atomic E-state index is -1.26. The van der Waals surface area contributed by atoms with Gasteiger partial charge in [-0.2, -0.15) is 0 Å². The van der Waals surface area contributed by atoms with Crippen LogP contribution < -0.4 is 0 Å². The van der Waals surface area contributed by atoms with Crippen LogP contribution in [-0.4, -0.2) is 50.2 Å². The summed E-state index contributed by atoms with van der Waals surface area (Å²) in [5, 5.41) is 25.5. The van der Waals surface area contributed by atoms with Crippen molar-refractivity contribution in [2.75, 3.05) is 13.1 Å². The molecule has 2 aromatic rings. The first-order chi connectivity index (χ1) is 13.3. The van der Waals surface area contributed by atoms with Crippen LogP contribution in [-0.2, 0) is 16.1 Å². The Hall–Kier alpha value is -2.90. The van der Waals surface area contributed by atoms with Gasteiger partial charge in [-0.05, 0) is 55.3 Å². The van der Waals surface area contributed by atoms with Crippen LogP contribution in [0.1, 0.15) is 18.4 Å². The van der Waals surface area contributed by atoms with Crippen molar-refractivity contribution in [2.24, 2.45) is 0 Å². The molecule has 8 heteroatoms. The molecule has 1 saturated heterocycles. The monoisotopic (exact) mass is 404 g/mol. The van der Waals surface area contributed by atoms with E-state index in [4.69, 9.17) is 21.8 Å². The third-order valence-electron chi connectivity index (χ3n) is 4.05. The van der Waals surface area contributed by atoms with Gasteiger partial charge in [0.05, 0.1) is 5.02 Å². The highest BCUT2D eigenvalue weighted by Gasteiger charge is 2.12. The molecule has 0 spiro atoms. The molecule has 148 valence electrons. The Labute approximate surface area is 167 Å². The lowest BCUT2D eigenvalue weighted by atomic mass is 10.1. The number of likely N-dealkylation sites (tertiary alicyclic amines) is 1. The van der Waals surface area contributed by atoms with Gasteiger partial charge in [-0.1, -0.05) is 17.7 Å². The van der Waals surface area contributed by atoms with E-state index in [0.717, 1.165) is 17.7 Å². The van der Waals surface area contributed by atoms with E-state index in [1.54, 1.807) is 12.1 Å². The first-order valence-electron chi connectivity index (χ1n) is 8.64. The summed E-state index contributed by atoms with van der Waals surface area (Å²) in [6.07, 6.45) is 7.45. The van der Waals surface area contributed by atoms with E-state index in [0.29, 0.717) is 17.2 Å². The molecule has 0 aliphatic carbocycles. The molecule has 3 rings (SSSR count). The van der Waals surface area contributed by atoms with Crippen molar-refractivity contribution in [3.63, 3.8) is 0 Å². The second kappa shape index (κ2) is 10.4. The highest BCUT2D eigenvalue weighted by molar-refractivity contribution is 6.32. The highest BCUT2D eigenvalue weighted by Crippen LogP contribution is 2.29.